The molecule has 10 heteroatoms. The second kappa shape index (κ2) is 6.80. The lowest BCUT2D eigenvalue weighted by Crippen LogP contribution is -2.20. The van der Waals surface area contributed by atoms with Gasteiger partial charge < -0.3 is 20.2 Å². The largest absolute Gasteiger partial charge is 0.360 e. The van der Waals surface area contributed by atoms with E-state index in [1.807, 2.05) is 6.92 Å². The molecule has 0 unspecified atom stereocenters. The smallest absolute Gasteiger partial charge is 0.345 e. The van der Waals surface area contributed by atoms with Gasteiger partial charge in [0.1, 0.15) is 6.73 Å². The van der Waals surface area contributed by atoms with Crippen LogP contribution in [0.5, 0.6) is 0 Å². The normalized spacial score (nSPS) is 10.6. The van der Waals surface area contributed by atoms with Crippen LogP contribution in [0.3, 0.4) is 0 Å². The Kier molecular flexibility index (Phi) is 4.84. The molecule has 0 spiro atoms. The molecule has 2 aromatic heterocycles. The van der Waals surface area contributed by atoms with Crippen molar-refractivity contribution in [3.05, 3.63) is 34.3 Å². The zero-order chi connectivity index (χ0) is 16.1. The molecule has 0 atom stereocenters. The van der Waals surface area contributed by atoms with Crippen molar-refractivity contribution >= 4 is 17.4 Å². The van der Waals surface area contributed by atoms with Crippen LogP contribution in [0.2, 0.25) is 0 Å². The van der Waals surface area contributed by atoms with Gasteiger partial charge >= 0.3 is 5.82 Å². The number of anilines is 1. The Balaban J connectivity index is 1.98. The second-order valence-corrected chi connectivity index (χ2v) is 4.50. The van der Waals surface area contributed by atoms with Crippen LogP contribution in [-0.2, 0) is 22.8 Å². The highest BCUT2D eigenvalue weighted by Crippen LogP contribution is 2.13. The molecular weight excluding hydrogens is 292 g/mol. The van der Waals surface area contributed by atoms with Crippen LogP contribution < -0.4 is 5.32 Å². The van der Waals surface area contributed by atoms with E-state index in [1.54, 1.807) is 13.1 Å². The fraction of sp³-hybridized carbons (Fsp3) is 0.417. The monoisotopic (exact) mass is 308 g/mol. The van der Waals surface area contributed by atoms with Gasteiger partial charge in [-0.2, -0.15) is 5.10 Å². The van der Waals surface area contributed by atoms with Crippen molar-refractivity contribution in [3.8, 4) is 0 Å². The van der Waals surface area contributed by atoms with E-state index in [2.05, 4.69) is 15.5 Å². The maximum atomic E-state index is 11.9. The third-order valence-corrected chi connectivity index (χ3v) is 2.71. The molecule has 0 aliphatic heterocycles. The summed E-state index contributed by atoms with van der Waals surface area (Å²) >= 11 is 0. The molecule has 0 radical (unpaired) electrons. The fourth-order valence-electron chi connectivity index (χ4n) is 1.82. The number of carbonyl (C=O) groups excluding carboxylic acids is 1. The molecule has 10 nitrogen and oxygen atoms in total. The minimum absolute atomic E-state index is 0.223. The molecule has 0 saturated heterocycles. The molecule has 2 aromatic rings. The number of hydrogen-bond acceptors (Lipinski definition) is 6. The van der Waals surface area contributed by atoms with Crippen LogP contribution in [0.15, 0.2) is 18.5 Å². The summed E-state index contributed by atoms with van der Waals surface area (Å²) in [6, 6.07) is 1.31. The van der Waals surface area contributed by atoms with Gasteiger partial charge in [-0.1, -0.05) is 5.10 Å². The van der Waals surface area contributed by atoms with Crippen LogP contribution in [0, 0.1) is 17.0 Å². The van der Waals surface area contributed by atoms with Crippen molar-refractivity contribution < 1.29 is 14.5 Å². The Morgan fingerprint density at radius 3 is 3.00 bits per heavy atom. The lowest BCUT2D eigenvalue weighted by Gasteiger charge is -2.01. The van der Waals surface area contributed by atoms with E-state index in [-0.39, 0.29) is 19.1 Å². The summed E-state index contributed by atoms with van der Waals surface area (Å²) in [4.78, 5) is 22.2. The number of nitro groups is 1. The lowest BCUT2D eigenvalue weighted by atomic mass is 10.4. The number of nitrogens with zero attached hydrogens (tertiary/aromatic N) is 5. The molecule has 0 saturated carbocycles. The summed E-state index contributed by atoms with van der Waals surface area (Å²) in [5.41, 5.74) is 0.959. The average molecular weight is 308 g/mol. The molecule has 0 aliphatic carbocycles. The van der Waals surface area contributed by atoms with E-state index in [9.17, 15) is 14.9 Å². The summed E-state index contributed by atoms with van der Waals surface area (Å²) < 4.78 is 7.76. The quantitative estimate of drug-likeness (QED) is 0.600. The first-order chi connectivity index (χ1) is 10.5. The molecule has 2 heterocycles. The summed E-state index contributed by atoms with van der Waals surface area (Å²) in [6.07, 6.45) is 3.08. The van der Waals surface area contributed by atoms with Crippen molar-refractivity contribution in [2.45, 2.75) is 27.1 Å². The van der Waals surface area contributed by atoms with Gasteiger partial charge in [-0.25, -0.2) is 4.68 Å². The van der Waals surface area contributed by atoms with Gasteiger partial charge in [0.25, 0.3) is 5.91 Å². The molecule has 0 bridgehead atoms. The summed E-state index contributed by atoms with van der Waals surface area (Å²) in [5.74, 6) is -0.651. The number of ether oxygens (including phenoxy) is 1. The predicted octanol–water partition coefficient (Wildman–Crippen LogP) is 0.929. The number of rotatable bonds is 7. The number of aromatic nitrogens is 4. The fourth-order valence-corrected chi connectivity index (χ4v) is 1.82. The molecule has 1 amide bonds. The maximum absolute atomic E-state index is 11.9. The van der Waals surface area contributed by atoms with Gasteiger partial charge in [0, 0.05) is 6.61 Å². The zero-order valence-corrected chi connectivity index (χ0v) is 12.2. The Morgan fingerprint density at radius 2 is 2.32 bits per heavy atom. The Hall–Kier alpha value is -2.75. The molecule has 1 N–H and O–H groups in total. The standard InChI is InChI=1S/C12H16N6O4/c1-3-22-8-16-6-10(5-13-16)14-11(19)7-17-12(18(20)21)4-9(2)15-17/h4-6H,3,7-8H2,1-2H3,(H,14,19). The van der Waals surface area contributed by atoms with Crippen molar-refractivity contribution in [3.63, 3.8) is 0 Å². The summed E-state index contributed by atoms with van der Waals surface area (Å²) in [7, 11) is 0. The highest BCUT2D eigenvalue weighted by molar-refractivity contribution is 5.90. The Labute approximate surface area is 125 Å². The van der Waals surface area contributed by atoms with Gasteiger partial charge in [-0.05, 0) is 18.8 Å². The molecule has 22 heavy (non-hydrogen) atoms. The van der Waals surface area contributed by atoms with Crippen LogP contribution in [-0.4, -0.2) is 37.0 Å². The van der Waals surface area contributed by atoms with Gasteiger partial charge in [-0.15, -0.1) is 4.68 Å². The van der Waals surface area contributed by atoms with E-state index in [1.165, 1.54) is 16.9 Å². The van der Waals surface area contributed by atoms with Crippen LogP contribution in [0.25, 0.3) is 0 Å². The number of nitrogens with one attached hydrogen (secondary N) is 1. The lowest BCUT2D eigenvalue weighted by molar-refractivity contribution is -0.392. The van der Waals surface area contributed by atoms with E-state index in [4.69, 9.17) is 4.74 Å². The average Bonchev–Trinajstić information content (AvgIpc) is 3.03. The van der Waals surface area contributed by atoms with Gasteiger partial charge in [-0.3, -0.25) is 4.79 Å². The zero-order valence-electron chi connectivity index (χ0n) is 12.2. The third kappa shape index (κ3) is 3.88. The van der Waals surface area contributed by atoms with E-state index < -0.39 is 10.8 Å². The first kappa shape index (κ1) is 15.6. The number of amides is 1. The predicted molar refractivity (Wildman–Crippen MR) is 76.1 cm³/mol. The van der Waals surface area contributed by atoms with Crippen molar-refractivity contribution in [1.82, 2.24) is 19.6 Å². The maximum Gasteiger partial charge on any atom is 0.345 e. The first-order valence-corrected chi connectivity index (χ1v) is 6.58. The highest BCUT2D eigenvalue weighted by Gasteiger charge is 2.19. The van der Waals surface area contributed by atoms with Crippen LogP contribution in [0.4, 0.5) is 11.5 Å². The molecule has 0 aliphatic rings. The minimum Gasteiger partial charge on any atom is -0.360 e. The highest BCUT2D eigenvalue weighted by atomic mass is 16.6. The number of hydrogen-bond donors (Lipinski definition) is 1. The van der Waals surface area contributed by atoms with E-state index in [0.717, 1.165) is 4.68 Å². The van der Waals surface area contributed by atoms with Gasteiger partial charge in [0.15, 0.2) is 6.54 Å². The number of carbonyl (C=O) groups is 1. The van der Waals surface area contributed by atoms with Crippen LogP contribution in [0.1, 0.15) is 12.6 Å². The second-order valence-electron chi connectivity index (χ2n) is 4.50. The van der Waals surface area contributed by atoms with E-state index >= 15 is 0 Å². The van der Waals surface area contributed by atoms with Crippen molar-refractivity contribution in [1.29, 1.82) is 0 Å². The first-order valence-electron chi connectivity index (χ1n) is 6.58. The topological polar surface area (TPSA) is 117 Å². The summed E-state index contributed by atoms with van der Waals surface area (Å²) in [6.45, 7) is 4.09. The van der Waals surface area contributed by atoms with Crippen molar-refractivity contribution in [2.75, 3.05) is 11.9 Å². The molecule has 118 valence electrons. The van der Waals surface area contributed by atoms with Gasteiger partial charge in [0.2, 0.25) is 0 Å². The Bertz CT molecular complexity index is 677. The minimum atomic E-state index is -0.576. The molecular formula is C12H16N6O4. The van der Waals surface area contributed by atoms with Crippen LogP contribution >= 0.6 is 0 Å². The molecule has 2 rings (SSSR count). The molecule has 0 fully saturated rings. The summed E-state index contributed by atoms with van der Waals surface area (Å²) in [5, 5.41) is 21.4. The Morgan fingerprint density at radius 1 is 1.55 bits per heavy atom. The van der Waals surface area contributed by atoms with Gasteiger partial charge in [0.05, 0.1) is 29.8 Å². The number of aryl methyl sites for hydroxylation is 1. The third-order valence-electron chi connectivity index (χ3n) is 2.71. The van der Waals surface area contributed by atoms with Crippen molar-refractivity contribution in [2.24, 2.45) is 0 Å². The SMILES string of the molecule is CCOCn1cc(NC(=O)Cn2nc(C)cc2[N+](=O)[O-])cn1. The van der Waals surface area contributed by atoms with E-state index in [0.29, 0.717) is 18.0 Å². The molecule has 0 aromatic carbocycles.